The number of aliphatic hydroxyl groups is 1. The lowest BCUT2D eigenvalue weighted by Crippen LogP contribution is -2.31. The molecule has 3 aromatic carbocycles. The second-order valence-electron chi connectivity index (χ2n) is 8.49. The van der Waals surface area contributed by atoms with E-state index in [1.807, 2.05) is 62.4 Å². The maximum atomic E-state index is 13.8. The molecule has 1 aliphatic heterocycles. The molecular formula is C28H22ClNO5. The second-order valence-corrected chi connectivity index (χ2v) is 8.92. The Morgan fingerprint density at radius 3 is 2.46 bits per heavy atom. The summed E-state index contributed by atoms with van der Waals surface area (Å²) in [6.07, 6.45) is 0. The summed E-state index contributed by atoms with van der Waals surface area (Å²) in [6, 6.07) is 18.7. The predicted octanol–water partition coefficient (Wildman–Crippen LogP) is 6.49. The minimum absolute atomic E-state index is 0.0298. The Hall–Kier alpha value is -4.03. The molecule has 6 nitrogen and oxygen atoms in total. The summed E-state index contributed by atoms with van der Waals surface area (Å²) in [5, 5.41) is 12.0. The van der Waals surface area contributed by atoms with Crippen molar-refractivity contribution in [3.8, 4) is 5.75 Å². The van der Waals surface area contributed by atoms with Crippen molar-refractivity contribution in [1.29, 1.82) is 0 Å². The second kappa shape index (κ2) is 8.64. The molecule has 0 radical (unpaired) electrons. The topological polar surface area (TPSA) is 80.0 Å². The summed E-state index contributed by atoms with van der Waals surface area (Å²) in [7, 11) is 1.48. The molecule has 1 aliphatic rings. The number of halogens is 1. The molecule has 1 unspecified atom stereocenters. The van der Waals surface area contributed by atoms with Gasteiger partial charge in [0.05, 0.1) is 18.7 Å². The summed E-state index contributed by atoms with van der Waals surface area (Å²) in [4.78, 5) is 28.6. The number of hydrogen-bond acceptors (Lipinski definition) is 5. The third-order valence-corrected chi connectivity index (χ3v) is 6.55. The fraction of sp³-hybridized carbons (Fsp3) is 0.143. The molecule has 2 heterocycles. The Morgan fingerprint density at radius 2 is 1.77 bits per heavy atom. The van der Waals surface area contributed by atoms with Crippen molar-refractivity contribution in [2.75, 3.05) is 12.0 Å². The van der Waals surface area contributed by atoms with Gasteiger partial charge in [-0.1, -0.05) is 48.0 Å². The van der Waals surface area contributed by atoms with Crippen molar-refractivity contribution in [1.82, 2.24) is 0 Å². The van der Waals surface area contributed by atoms with Gasteiger partial charge >= 0.3 is 0 Å². The minimum Gasteiger partial charge on any atom is -0.503 e. The van der Waals surface area contributed by atoms with Crippen LogP contribution >= 0.6 is 11.6 Å². The number of rotatable bonds is 5. The van der Waals surface area contributed by atoms with E-state index in [0.29, 0.717) is 33.0 Å². The maximum absolute atomic E-state index is 13.8. The first kappa shape index (κ1) is 22.7. The zero-order chi connectivity index (χ0) is 24.9. The van der Waals surface area contributed by atoms with Crippen LogP contribution in [0.3, 0.4) is 0 Å². The molecule has 0 aliphatic carbocycles. The van der Waals surface area contributed by atoms with Crippen LogP contribution in [0.15, 0.2) is 82.5 Å². The number of Topliss-reactive ketones (excluding diaryl/α,β-unsaturated/α-hetero) is 1. The van der Waals surface area contributed by atoms with Crippen LogP contribution in [0, 0.1) is 13.8 Å². The Morgan fingerprint density at radius 1 is 1.03 bits per heavy atom. The number of benzene rings is 3. The summed E-state index contributed by atoms with van der Waals surface area (Å²) in [6.45, 7) is 3.93. The minimum atomic E-state index is -0.836. The Bertz CT molecular complexity index is 1520. The van der Waals surface area contributed by atoms with Gasteiger partial charge in [-0.25, -0.2) is 0 Å². The Labute approximate surface area is 207 Å². The van der Waals surface area contributed by atoms with Crippen LogP contribution in [0.1, 0.15) is 33.3 Å². The first-order chi connectivity index (χ1) is 16.8. The largest absolute Gasteiger partial charge is 0.503 e. The van der Waals surface area contributed by atoms with Crippen LogP contribution < -0.4 is 9.64 Å². The van der Waals surface area contributed by atoms with E-state index >= 15 is 0 Å². The summed E-state index contributed by atoms with van der Waals surface area (Å²) < 4.78 is 11.2. The predicted molar refractivity (Wildman–Crippen MR) is 134 cm³/mol. The lowest BCUT2D eigenvalue weighted by molar-refractivity contribution is -0.117. The normalized spacial score (nSPS) is 15.8. The average Bonchev–Trinajstić information content (AvgIpc) is 3.39. The molecule has 0 bridgehead atoms. The number of aliphatic hydroxyl groups excluding tert-OH is 1. The van der Waals surface area contributed by atoms with Gasteiger partial charge in [-0.3, -0.25) is 14.5 Å². The number of carbonyl (C=O) groups excluding carboxylic acids is 2. The van der Waals surface area contributed by atoms with Crippen molar-refractivity contribution in [2.45, 2.75) is 19.9 Å². The molecule has 35 heavy (non-hydrogen) atoms. The van der Waals surface area contributed by atoms with Crippen molar-refractivity contribution >= 4 is 39.9 Å². The third-order valence-electron chi connectivity index (χ3n) is 6.33. The number of methoxy groups -OCH3 is 1. The van der Waals surface area contributed by atoms with E-state index in [0.717, 1.165) is 11.1 Å². The van der Waals surface area contributed by atoms with E-state index in [-0.39, 0.29) is 11.3 Å². The highest BCUT2D eigenvalue weighted by atomic mass is 35.5. The van der Waals surface area contributed by atoms with Gasteiger partial charge in [0.25, 0.3) is 5.91 Å². The fourth-order valence-corrected chi connectivity index (χ4v) is 4.63. The van der Waals surface area contributed by atoms with Crippen LogP contribution in [0.5, 0.6) is 5.75 Å². The molecule has 0 saturated carbocycles. The molecule has 0 fully saturated rings. The van der Waals surface area contributed by atoms with Crippen LogP contribution in [0.25, 0.3) is 11.0 Å². The first-order valence-corrected chi connectivity index (χ1v) is 11.4. The van der Waals surface area contributed by atoms with E-state index in [4.69, 9.17) is 20.8 Å². The molecular weight excluding hydrogens is 466 g/mol. The van der Waals surface area contributed by atoms with E-state index in [1.54, 1.807) is 12.1 Å². The summed E-state index contributed by atoms with van der Waals surface area (Å²) in [5.41, 5.74) is 3.63. The molecule has 1 amide bonds. The first-order valence-electron chi connectivity index (χ1n) is 11.0. The molecule has 4 aromatic rings. The number of nitrogens with zero attached hydrogens (tertiary/aromatic N) is 1. The van der Waals surface area contributed by atoms with Gasteiger partial charge in [-0.2, -0.15) is 0 Å². The van der Waals surface area contributed by atoms with Gasteiger partial charge in [-0.15, -0.1) is 0 Å². The maximum Gasteiger partial charge on any atom is 0.294 e. The van der Waals surface area contributed by atoms with Crippen LogP contribution in [-0.4, -0.2) is 23.9 Å². The van der Waals surface area contributed by atoms with Crippen molar-refractivity contribution < 1.29 is 23.8 Å². The molecule has 5 rings (SSSR count). The zero-order valence-electron chi connectivity index (χ0n) is 19.3. The van der Waals surface area contributed by atoms with Crippen LogP contribution in [0.4, 0.5) is 5.69 Å². The molecule has 1 aromatic heterocycles. The Kier molecular flexibility index (Phi) is 5.61. The molecule has 7 heteroatoms. The number of ketones is 1. The van der Waals surface area contributed by atoms with Gasteiger partial charge in [0.15, 0.2) is 22.9 Å². The molecule has 1 N–H and O–H groups in total. The number of aryl methyl sites for hydroxylation is 2. The SMILES string of the molecule is COc1cc(Cl)cc2cc(C(=O)C3=C(O)C(=O)N(c4ccc(C)c(C)c4)C3c3ccccc3)oc12. The van der Waals surface area contributed by atoms with Crippen LogP contribution in [0.2, 0.25) is 5.02 Å². The van der Waals surface area contributed by atoms with Crippen LogP contribution in [-0.2, 0) is 4.79 Å². The van der Waals surface area contributed by atoms with Gasteiger partial charge in [0.2, 0.25) is 5.78 Å². The lowest BCUT2D eigenvalue weighted by Gasteiger charge is -2.27. The quantitative estimate of drug-likeness (QED) is 0.325. The Balaban J connectivity index is 1.66. The van der Waals surface area contributed by atoms with Gasteiger partial charge in [0.1, 0.15) is 0 Å². The number of ether oxygens (including phenoxy) is 1. The highest BCUT2D eigenvalue weighted by molar-refractivity contribution is 6.31. The molecule has 0 spiro atoms. The number of amides is 1. The highest BCUT2D eigenvalue weighted by Gasteiger charge is 2.45. The van der Waals surface area contributed by atoms with E-state index < -0.39 is 23.5 Å². The number of carbonyl (C=O) groups is 2. The fourth-order valence-electron chi connectivity index (χ4n) is 4.41. The number of furan rings is 1. The lowest BCUT2D eigenvalue weighted by atomic mass is 9.94. The van der Waals surface area contributed by atoms with E-state index in [2.05, 4.69) is 0 Å². The molecule has 1 atom stereocenters. The summed E-state index contributed by atoms with van der Waals surface area (Å²) >= 11 is 6.17. The van der Waals surface area contributed by atoms with E-state index in [1.165, 1.54) is 18.1 Å². The smallest absolute Gasteiger partial charge is 0.294 e. The van der Waals surface area contributed by atoms with Crippen molar-refractivity contribution in [3.05, 3.63) is 106 Å². The number of fused-ring (bicyclic) bond motifs is 1. The average molecular weight is 488 g/mol. The number of anilines is 1. The molecule has 0 saturated heterocycles. The van der Waals surface area contributed by atoms with Crippen molar-refractivity contribution in [2.24, 2.45) is 0 Å². The zero-order valence-corrected chi connectivity index (χ0v) is 20.1. The van der Waals surface area contributed by atoms with Gasteiger partial charge in [0, 0.05) is 22.2 Å². The highest BCUT2D eigenvalue weighted by Crippen LogP contribution is 2.43. The van der Waals surface area contributed by atoms with Gasteiger partial charge in [-0.05, 0) is 54.8 Å². The number of hydrogen-bond donors (Lipinski definition) is 1. The van der Waals surface area contributed by atoms with Crippen molar-refractivity contribution in [3.63, 3.8) is 0 Å². The van der Waals surface area contributed by atoms with E-state index in [9.17, 15) is 14.7 Å². The monoisotopic (exact) mass is 487 g/mol. The third kappa shape index (κ3) is 3.76. The standard InChI is InChI=1S/C28H22ClNO5/c1-15-9-10-20(11-16(15)2)30-24(17-7-5-4-6-8-17)23(26(32)28(30)33)25(31)21-13-18-12-19(29)14-22(34-3)27(18)35-21/h4-14,24,32H,1-3H3. The van der Waals surface area contributed by atoms with Gasteiger partial charge < -0.3 is 14.3 Å². The molecule has 176 valence electrons. The summed E-state index contributed by atoms with van der Waals surface area (Å²) in [5.74, 6) is -1.50.